The molecule has 0 N–H and O–H groups in total. The molecule has 0 aliphatic carbocycles. The van der Waals surface area contributed by atoms with Gasteiger partial charge in [-0.3, -0.25) is 9.88 Å². The number of methoxy groups -OCH3 is 1. The van der Waals surface area contributed by atoms with Crippen molar-refractivity contribution in [3.8, 4) is 16.9 Å². The van der Waals surface area contributed by atoms with Crippen LogP contribution >= 0.6 is 0 Å². The van der Waals surface area contributed by atoms with Gasteiger partial charge in [-0.05, 0) is 79.9 Å². The van der Waals surface area contributed by atoms with Crippen molar-refractivity contribution in [3.63, 3.8) is 0 Å². The number of hydrogen-bond acceptors (Lipinski definition) is 5. The first-order valence-corrected chi connectivity index (χ1v) is 10.8. The van der Waals surface area contributed by atoms with Crippen LogP contribution in [0.3, 0.4) is 0 Å². The second-order valence-corrected chi connectivity index (χ2v) is 8.28. The molecule has 1 aromatic carbocycles. The van der Waals surface area contributed by atoms with Crippen LogP contribution in [0.25, 0.3) is 16.8 Å². The standard InChI is InChI=1S/C25H27N5O/c1-18-15-19(3-5-23(18)31-2)16-29-13-9-21(10-14-29)25-27-24-6-4-22(17-30(24)28-25)20-7-11-26-12-8-20/h3-8,11-12,15,17,21H,9-10,13-14,16H2,1-2H3. The van der Waals surface area contributed by atoms with Crippen LogP contribution in [-0.4, -0.2) is 44.7 Å². The van der Waals surface area contributed by atoms with Gasteiger partial charge >= 0.3 is 0 Å². The Morgan fingerprint density at radius 3 is 2.55 bits per heavy atom. The topological polar surface area (TPSA) is 55.5 Å². The Hall–Kier alpha value is -3.25. The summed E-state index contributed by atoms with van der Waals surface area (Å²) in [6.45, 7) is 5.20. The normalized spacial score (nSPS) is 15.4. The maximum Gasteiger partial charge on any atom is 0.155 e. The lowest BCUT2D eigenvalue weighted by Gasteiger charge is -2.30. The van der Waals surface area contributed by atoms with Gasteiger partial charge in [0.1, 0.15) is 5.75 Å². The first-order valence-electron chi connectivity index (χ1n) is 10.8. The monoisotopic (exact) mass is 413 g/mol. The molecule has 3 aromatic heterocycles. The van der Waals surface area contributed by atoms with Gasteiger partial charge in [0, 0.05) is 36.6 Å². The van der Waals surface area contributed by atoms with Gasteiger partial charge in [-0.15, -0.1) is 0 Å². The largest absolute Gasteiger partial charge is 0.496 e. The van der Waals surface area contributed by atoms with Crippen LogP contribution in [0.4, 0.5) is 0 Å². The third kappa shape index (κ3) is 4.16. The number of pyridine rings is 2. The Morgan fingerprint density at radius 2 is 1.81 bits per heavy atom. The molecule has 0 spiro atoms. The van der Waals surface area contributed by atoms with E-state index in [0.717, 1.165) is 60.8 Å². The molecule has 1 aliphatic heterocycles. The average molecular weight is 414 g/mol. The predicted molar refractivity (Wildman–Crippen MR) is 121 cm³/mol. The van der Waals surface area contributed by atoms with Gasteiger partial charge < -0.3 is 4.74 Å². The summed E-state index contributed by atoms with van der Waals surface area (Å²) in [5, 5.41) is 4.82. The zero-order valence-corrected chi connectivity index (χ0v) is 18.0. The molecule has 5 rings (SSSR count). The van der Waals surface area contributed by atoms with E-state index in [1.807, 2.05) is 35.1 Å². The van der Waals surface area contributed by atoms with Crippen LogP contribution in [0.1, 0.15) is 35.7 Å². The molecule has 4 heterocycles. The highest BCUT2D eigenvalue weighted by Gasteiger charge is 2.24. The van der Waals surface area contributed by atoms with Gasteiger partial charge in [0.15, 0.2) is 11.5 Å². The molecule has 0 amide bonds. The zero-order valence-electron chi connectivity index (χ0n) is 18.0. The average Bonchev–Trinajstić information content (AvgIpc) is 3.24. The zero-order chi connectivity index (χ0) is 21.2. The SMILES string of the molecule is COc1ccc(CN2CCC(c3nc4ccc(-c5ccncc5)cn4n3)CC2)cc1C. The summed E-state index contributed by atoms with van der Waals surface area (Å²) in [7, 11) is 1.72. The number of nitrogens with zero attached hydrogens (tertiary/aromatic N) is 5. The van der Waals surface area contributed by atoms with Crippen molar-refractivity contribution in [3.05, 3.63) is 78.0 Å². The molecule has 158 valence electrons. The number of hydrogen-bond donors (Lipinski definition) is 0. The van der Waals surface area contributed by atoms with E-state index in [-0.39, 0.29) is 0 Å². The lowest BCUT2D eigenvalue weighted by atomic mass is 9.95. The smallest absolute Gasteiger partial charge is 0.155 e. The van der Waals surface area contributed by atoms with Gasteiger partial charge in [0.05, 0.1) is 7.11 Å². The van der Waals surface area contributed by atoms with Gasteiger partial charge in [0.25, 0.3) is 0 Å². The molecule has 0 bridgehead atoms. The molecule has 6 heteroatoms. The minimum Gasteiger partial charge on any atom is -0.496 e. The number of rotatable bonds is 5. The summed E-state index contributed by atoms with van der Waals surface area (Å²) >= 11 is 0. The lowest BCUT2D eigenvalue weighted by molar-refractivity contribution is 0.201. The van der Waals surface area contributed by atoms with Crippen LogP contribution in [0, 0.1) is 6.92 Å². The summed E-state index contributed by atoms with van der Waals surface area (Å²) < 4.78 is 7.29. The number of fused-ring (bicyclic) bond motifs is 1. The summed E-state index contributed by atoms with van der Waals surface area (Å²) in [4.78, 5) is 11.4. The van der Waals surface area contributed by atoms with E-state index < -0.39 is 0 Å². The highest BCUT2D eigenvalue weighted by molar-refractivity contribution is 5.63. The van der Waals surface area contributed by atoms with Crippen LogP contribution in [0.2, 0.25) is 0 Å². The van der Waals surface area contributed by atoms with Crippen molar-refractivity contribution in [1.29, 1.82) is 0 Å². The van der Waals surface area contributed by atoms with Crippen molar-refractivity contribution < 1.29 is 4.74 Å². The quantitative estimate of drug-likeness (QED) is 0.483. The fourth-order valence-electron chi connectivity index (χ4n) is 4.43. The molecule has 0 saturated carbocycles. The van der Waals surface area contributed by atoms with Gasteiger partial charge in [-0.1, -0.05) is 12.1 Å². The number of benzene rings is 1. The van der Waals surface area contributed by atoms with Crippen LogP contribution in [0.15, 0.2) is 61.1 Å². The molecule has 0 radical (unpaired) electrons. The van der Waals surface area contributed by atoms with Gasteiger partial charge in [0.2, 0.25) is 0 Å². The molecular weight excluding hydrogens is 386 g/mol. The number of aromatic nitrogens is 4. The molecule has 0 unspecified atom stereocenters. The third-order valence-corrected chi connectivity index (χ3v) is 6.18. The molecule has 31 heavy (non-hydrogen) atoms. The van der Waals surface area contributed by atoms with Crippen molar-refractivity contribution in [1.82, 2.24) is 24.5 Å². The van der Waals surface area contributed by atoms with E-state index in [1.165, 1.54) is 11.1 Å². The first kappa shape index (κ1) is 19.7. The van der Waals surface area contributed by atoms with Gasteiger partial charge in [-0.2, -0.15) is 5.10 Å². The molecule has 6 nitrogen and oxygen atoms in total. The second-order valence-electron chi connectivity index (χ2n) is 8.28. The number of aryl methyl sites for hydroxylation is 1. The van der Waals surface area contributed by atoms with Crippen molar-refractivity contribution in [2.75, 3.05) is 20.2 Å². The van der Waals surface area contributed by atoms with Crippen LogP contribution in [-0.2, 0) is 6.54 Å². The Kier molecular flexibility index (Phi) is 5.38. The van der Waals surface area contributed by atoms with E-state index in [2.05, 4.69) is 47.3 Å². The van der Waals surface area contributed by atoms with Crippen LogP contribution < -0.4 is 4.74 Å². The summed E-state index contributed by atoms with van der Waals surface area (Å²) in [6.07, 6.45) is 7.86. The summed E-state index contributed by atoms with van der Waals surface area (Å²) in [6, 6.07) is 14.6. The first-order chi connectivity index (χ1) is 15.2. The molecular formula is C25H27N5O. The van der Waals surface area contributed by atoms with E-state index in [0.29, 0.717) is 5.92 Å². The van der Waals surface area contributed by atoms with Crippen molar-refractivity contribution in [2.24, 2.45) is 0 Å². The molecule has 0 atom stereocenters. The predicted octanol–water partition coefficient (Wildman–Crippen LogP) is 4.49. The minimum atomic E-state index is 0.415. The minimum absolute atomic E-state index is 0.415. The molecule has 4 aromatic rings. The van der Waals surface area contributed by atoms with Crippen molar-refractivity contribution >= 4 is 5.65 Å². The maximum absolute atomic E-state index is 5.38. The highest BCUT2D eigenvalue weighted by Crippen LogP contribution is 2.28. The lowest BCUT2D eigenvalue weighted by Crippen LogP contribution is -2.32. The Bertz CT molecular complexity index is 1180. The number of piperidine rings is 1. The van der Waals surface area contributed by atoms with Gasteiger partial charge in [-0.25, -0.2) is 9.50 Å². The summed E-state index contributed by atoms with van der Waals surface area (Å²) in [5.74, 6) is 2.33. The van der Waals surface area contributed by atoms with E-state index in [1.54, 1.807) is 7.11 Å². The highest BCUT2D eigenvalue weighted by atomic mass is 16.5. The molecule has 1 fully saturated rings. The molecule has 1 saturated heterocycles. The van der Waals surface area contributed by atoms with Crippen LogP contribution in [0.5, 0.6) is 5.75 Å². The number of ether oxygens (including phenoxy) is 1. The Morgan fingerprint density at radius 1 is 1.00 bits per heavy atom. The van der Waals surface area contributed by atoms with E-state index >= 15 is 0 Å². The second kappa shape index (κ2) is 8.47. The fourth-order valence-corrected chi connectivity index (χ4v) is 4.43. The van der Waals surface area contributed by atoms with E-state index in [9.17, 15) is 0 Å². The maximum atomic E-state index is 5.38. The fraction of sp³-hybridized carbons (Fsp3) is 0.320. The number of likely N-dealkylation sites (tertiary alicyclic amines) is 1. The van der Waals surface area contributed by atoms with E-state index in [4.69, 9.17) is 14.8 Å². The van der Waals surface area contributed by atoms with Crippen molar-refractivity contribution in [2.45, 2.75) is 32.2 Å². The summed E-state index contributed by atoms with van der Waals surface area (Å²) in [5.41, 5.74) is 5.69. The molecule has 1 aliphatic rings. The third-order valence-electron chi connectivity index (χ3n) is 6.18. The Balaban J connectivity index is 1.25. The Labute approximate surface area is 182 Å².